The van der Waals surface area contributed by atoms with E-state index in [1.54, 1.807) is 20.8 Å². The van der Waals surface area contributed by atoms with Gasteiger partial charge in [-0.15, -0.1) is 0 Å². The van der Waals surface area contributed by atoms with Crippen molar-refractivity contribution in [1.82, 2.24) is 0 Å². The number of hydrogen-bond donors (Lipinski definition) is 1. The van der Waals surface area contributed by atoms with Crippen molar-refractivity contribution in [3.8, 4) is 0 Å². The fraction of sp³-hybridized carbons (Fsp3) is 0.846. The summed E-state index contributed by atoms with van der Waals surface area (Å²) in [5.41, 5.74) is -1.36. The van der Waals surface area contributed by atoms with Gasteiger partial charge in [0.25, 0.3) is 0 Å². The molecule has 0 aromatic rings. The van der Waals surface area contributed by atoms with Gasteiger partial charge in [-0.2, -0.15) is 0 Å². The lowest BCUT2D eigenvalue weighted by Gasteiger charge is -2.30. The van der Waals surface area contributed by atoms with Crippen molar-refractivity contribution >= 4 is 11.9 Å². The molecule has 4 heteroatoms. The van der Waals surface area contributed by atoms with Crippen molar-refractivity contribution in [3.05, 3.63) is 0 Å². The lowest BCUT2D eigenvalue weighted by molar-refractivity contribution is -0.173. The molecule has 1 N–H and O–H groups in total. The second-order valence-corrected chi connectivity index (χ2v) is 5.13. The number of rotatable bonds is 7. The van der Waals surface area contributed by atoms with Crippen LogP contribution in [0.2, 0.25) is 0 Å². The number of carboxylic acid groups (broad SMARTS) is 1. The van der Waals surface area contributed by atoms with Gasteiger partial charge in [-0.3, -0.25) is 9.59 Å². The Hall–Kier alpha value is -1.06. The predicted molar refractivity (Wildman–Crippen MR) is 63.5 cm³/mol. The van der Waals surface area contributed by atoms with Crippen molar-refractivity contribution in [2.24, 2.45) is 17.3 Å². The molecule has 0 aromatic heterocycles. The number of ether oxygens (including phenoxy) is 1. The number of hydrogen-bond acceptors (Lipinski definition) is 3. The van der Waals surface area contributed by atoms with Gasteiger partial charge in [-0.05, 0) is 31.6 Å². The third kappa shape index (κ3) is 2.99. The Kier molecular flexibility index (Phi) is 4.54. The number of carbonyl (C=O) groups is 2. The third-order valence-electron chi connectivity index (χ3n) is 3.65. The molecule has 1 fully saturated rings. The van der Waals surface area contributed by atoms with Crippen LogP contribution >= 0.6 is 0 Å². The summed E-state index contributed by atoms with van der Waals surface area (Å²) in [6.45, 7) is 5.48. The van der Waals surface area contributed by atoms with E-state index < -0.39 is 17.4 Å². The molecular formula is C13H22O4. The summed E-state index contributed by atoms with van der Waals surface area (Å²) in [5.74, 6) is -1.27. The predicted octanol–water partition coefficient (Wildman–Crippen LogP) is 2.47. The van der Waals surface area contributed by atoms with Gasteiger partial charge in [0.05, 0.1) is 6.61 Å². The number of esters is 1. The van der Waals surface area contributed by atoms with Crippen LogP contribution in [0.25, 0.3) is 0 Å². The quantitative estimate of drug-likeness (QED) is 0.550. The molecular weight excluding hydrogens is 220 g/mol. The Labute approximate surface area is 102 Å². The van der Waals surface area contributed by atoms with Gasteiger partial charge in [0.15, 0.2) is 5.41 Å². The van der Waals surface area contributed by atoms with Gasteiger partial charge in [0.2, 0.25) is 0 Å². The van der Waals surface area contributed by atoms with E-state index in [0.29, 0.717) is 12.3 Å². The van der Waals surface area contributed by atoms with E-state index in [0.717, 1.165) is 19.3 Å². The van der Waals surface area contributed by atoms with Gasteiger partial charge >= 0.3 is 11.9 Å². The molecule has 0 amide bonds. The van der Waals surface area contributed by atoms with Gasteiger partial charge in [0, 0.05) is 0 Å². The Bertz CT molecular complexity index is 294. The van der Waals surface area contributed by atoms with Crippen molar-refractivity contribution in [3.63, 3.8) is 0 Å². The second-order valence-electron chi connectivity index (χ2n) is 5.13. The van der Waals surface area contributed by atoms with Crippen LogP contribution in [-0.2, 0) is 14.3 Å². The van der Waals surface area contributed by atoms with E-state index in [9.17, 15) is 14.7 Å². The van der Waals surface area contributed by atoms with Crippen molar-refractivity contribution in [1.29, 1.82) is 0 Å². The SMILES string of the molecule is CCOC(=O)C(CCC1CC1)(C(=O)O)C(C)C. The van der Waals surface area contributed by atoms with Crippen LogP contribution in [0, 0.1) is 17.3 Å². The zero-order valence-electron chi connectivity index (χ0n) is 10.9. The van der Waals surface area contributed by atoms with Gasteiger partial charge in [-0.1, -0.05) is 26.7 Å². The van der Waals surface area contributed by atoms with Crippen LogP contribution < -0.4 is 0 Å². The topological polar surface area (TPSA) is 63.6 Å². The first-order valence-electron chi connectivity index (χ1n) is 6.35. The molecule has 1 unspecified atom stereocenters. The molecule has 0 saturated heterocycles. The first kappa shape index (κ1) is 14.0. The Morgan fingerprint density at radius 3 is 2.35 bits per heavy atom. The first-order chi connectivity index (χ1) is 7.95. The summed E-state index contributed by atoms with van der Waals surface area (Å²) >= 11 is 0. The van der Waals surface area contributed by atoms with Gasteiger partial charge < -0.3 is 9.84 Å². The zero-order valence-corrected chi connectivity index (χ0v) is 10.9. The minimum Gasteiger partial charge on any atom is -0.480 e. The lowest BCUT2D eigenvalue weighted by atomic mass is 9.73. The van der Waals surface area contributed by atoms with Crippen LogP contribution in [0.1, 0.15) is 46.5 Å². The Balaban J connectivity index is 2.84. The summed E-state index contributed by atoms with van der Waals surface area (Å²) < 4.78 is 4.96. The normalized spacial score (nSPS) is 18.8. The van der Waals surface area contributed by atoms with Crippen molar-refractivity contribution in [2.45, 2.75) is 46.5 Å². The molecule has 1 rings (SSSR count). The van der Waals surface area contributed by atoms with Gasteiger partial charge in [0.1, 0.15) is 0 Å². The maximum Gasteiger partial charge on any atom is 0.323 e. The van der Waals surface area contributed by atoms with Crippen molar-refractivity contribution < 1.29 is 19.4 Å². The van der Waals surface area contributed by atoms with Crippen LogP contribution in [0.4, 0.5) is 0 Å². The molecule has 0 spiro atoms. The molecule has 1 atom stereocenters. The average Bonchev–Trinajstić information content (AvgIpc) is 3.01. The molecule has 4 nitrogen and oxygen atoms in total. The van der Waals surface area contributed by atoms with Gasteiger partial charge in [-0.25, -0.2) is 0 Å². The maximum absolute atomic E-state index is 12.0. The molecule has 1 saturated carbocycles. The highest BCUT2D eigenvalue weighted by atomic mass is 16.5. The summed E-state index contributed by atoms with van der Waals surface area (Å²) in [4.78, 5) is 23.5. The highest BCUT2D eigenvalue weighted by Crippen LogP contribution is 2.41. The molecule has 17 heavy (non-hydrogen) atoms. The summed E-state index contributed by atoms with van der Waals surface area (Å²) in [6.07, 6.45) is 3.53. The lowest BCUT2D eigenvalue weighted by Crippen LogP contribution is -2.45. The molecule has 1 aliphatic rings. The fourth-order valence-corrected chi connectivity index (χ4v) is 2.17. The molecule has 98 valence electrons. The minimum atomic E-state index is -1.36. The number of carboxylic acids is 1. The number of carbonyl (C=O) groups excluding carboxylic acids is 1. The van der Waals surface area contributed by atoms with Crippen LogP contribution in [0.5, 0.6) is 0 Å². The minimum absolute atomic E-state index is 0.226. The van der Waals surface area contributed by atoms with E-state index in [2.05, 4.69) is 0 Å². The Morgan fingerprint density at radius 2 is 2.00 bits per heavy atom. The van der Waals surface area contributed by atoms with Crippen LogP contribution in [0.15, 0.2) is 0 Å². The second kappa shape index (κ2) is 5.52. The summed E-state index contributed by atoms with van der Waals surface area (Å²) in [6, 6.07) is 0. The monoisotopic (exact) mass is 242 g/mol. The largest absolute Gasteiger partial charge is 0.480 e. The van der Waals surface area contributed by atoms with Crippen molar-refractivity contribution in [2.75, 3.05) is 6.61 Å². The maximum atomic E-state index is 12.0. The zero-order chi connectivity index (χ0) is 13.1. The smallest absolute Gasteiger partial charge is 0.323 e. The van der Waals surface area contributed by atoms with E-state index in [1.165, 1.54) is 0 Å². The van der Waals surface area contributed by atoms with E-state index in [-0.39, 0.29) is 12.5 Å². The Morgan fingerprint density at radius 1 is 1.41 bits per heavy atom. The van der Waals surface area contributed by atoms with Crippen LogP contribution in [-0.4, -0.2) is 23.7 Å². The summed E-state index contributed by atoms with van der Waals surface area (Å²) in [7, 11) is 0. The molecule has 0 aromatic carbocycles. The van der Waals surface area contributed by atoms with Crippen LogP contribution in [0.3, 0.4) is 0 Å². The summed E-state index contributed by atoms with van der Waals surface area (Å²) in [5, 5.41) is 9.42. The van der Waals surface area contributed by atoms with E-state index in [4.69, 9.17) is 4.74 Å². The highest BCUT2D eigenvalue weighted by molar-refractivity contribution is 5.99. The standard InChI is InChI=1S/C13H22O4/c1-4-17-12(16)13(9(2)3,11(14)15)8-7-10-5-6-10/h9-10H,4-8H2,1-3H3,(H,14,15). The highest BCUT2D eigenvalue weighted by Gasteiger charge is 2.50. The van der Waals surface area contributed by atoms with E-state index in [1.807, 2.05) is 0 Å². The average molecular weight is 242 g/mol. The van der Waals surface area contributed by atoms with E-state index >= 15 is 0 Å². The number of aliphatic carboxylic acids is 1. The third-order valence-corrected chi connectivity index (χ3v) is 3.65. The fourth-order valence-electron chi connectivity index (χ4n) is 2.17. The molecule has 1 aliphatic carbocycles. The molecule has 0 heterocycles. The molecule has 0 aliphatic heterocycles. The first-order valence-corrected chi connectivity index (χ1v) is 6.35. The molecule has 0 bridgehead atoms. The molecule has 0 radical (unpaired) electrons.